The molecule has 0 N–H and O–H groups in total. The maximum absolute atomic E-state index is 6.59. The van der Waals surface area contributed by atoms with E-state index in [4.69, 9.17) is 26.5 Å². The van der Waals surface area contributed by atoms with Crippen molar-refractivity contribution >= 4 is 301 Å². The second-order valence-electron chi connectivity index (χ2n) is 36.6. The van der Waals surface area contributed by atoms with E-state index in [1.165, 1.54) is 101 Å². The van der Waals surface area contributed by atoms with E-state index in [-0.39, 0.29) is 0 Å². The average Bonchev–Trinajstić information content (AvgIpc) is 1.52. The van der Waals surface area contributed by atoms with E-state index in [0.717, 1.165) is 206 Å². The minimum absolute atomic E-state index is 0.862. The van der Waals surface area contributed by atoms with Gasteiger partial charge in [0.25, 0.3) is 0 Å². The molecule has 646 valence electrons. The summed E-state index contributed by atoms with van der Waals surface area (Å²) in [6.07, 6.45) is 0. The highest BCUT2D eigenvalue weighted by atomic mass is 32.1. The molecule has 0 saturated carbocycles. The highest BCUT2D eigenvalue weighted by Crippen LogP contribution is 2.57. The average molecular weight is 1800 g/mol. The molecule has 0 unspecified atom stereocenters. The minimum Gasteiger partial charge on any atom is -0.456 e. The van der Waals surface area contributed by atoms with Crippen molar-refractivity contribution in [1.82, 2.24) is 13.7 Å². The molecule has 0 bridgehead atoms. The van der Waals surface area contributed by atoms with Crippen LogP contribution in [0.1, 0.15) is 0 Å². The second kappa shape index (κ2) is 28.0. The van der Waals surface area contributed by atoms with Gasteiger partial charge in [0.05, 0.1) is 33.1 Å². The first-order valence-corrected chi connectivity index (χ1v) is 47.9. The lowest BCUT2D eigenvalue weighted by Gasteiger charge is -2.25. The summed E-state index contributed by atoms with van der Waals surface area (Å²) in [5, 5.41) is 28.7. The molecule has 34 rings (SSSR count). The van der Waals surface area contributed by atoms with Gasteiger partial charge in [0.15, 0.2) is 0 Å². The largest absolute Gasteiger partial charge is 0.456 e. The fourth-order valence-electron chi connectivity index (χ4n) is 24.0. The number of hydrogen-bond acceptors (Lipinski definition) is 10. The van der Waals surface area contributed by atoms with Gasteiger partial charge in [0, 0.05) is 185 Å². The van der Waals surface area contributed by atoms with Crippen LogP contribution in [0.4, 0.5) is 51.2 Å². The van der Waals surface area contributed by atoms with Crippen LogP contribution in [0.2, 0.25) is 0 Å². The van der Waals surface area contributed by atoms with Gasteiger partial charge in [0.2, 0.25) is 0 Å². The Morgan fingerprint density at radius 3 is 0.655 bits per heavy atom. The van der Waals surface area contributed by atoms with Crippen LogP contribution in [0, 0.1) is 0 Å². The number of rotatable bonds is 12. The maximum Gasteiger partial charge on any atom is 0.136 e. The number of hydrogen-bond donors (Lipinski definition) is 0. The molecule has 0 spiro atoms. The number of para-hydroxylation sites is 6. The molecule has 12 nitrogen and oxygen atoms in total. The first-order valence-electron chi connectivity index (χ1n) is 47.1. The molecule has 24 aromatic carbocycles. The summed E-state index contributed by atoms with van der Waals surface area (Å²) in [5.41, 5.74) is 31.0. The van der Waals surface area contributed by atoms with E-state index in [1.54, 1.807) is 0 Å². The zero-order chi connectivity index (χ0) is 90.2. The number of aromatic nitrogens is 3. The van der Waals surface area contributed by atoms with Gasteiger partial charge in [-0.05, 0) is 288 Å². The van der Waals surface area contributed by atoms with Crippen molar-refractivity contribution in [3.8, 4) is 17.1 Å². The Kier molecular flexibility index (Phi) is 15.1. The molecular weight excluding hydrogens is 1730 g/mol. The normalized spacial score (nSPS) is 12.5. The van der Waals surface area contributed by atoms with Crippen LogP contribution in [0.15, 0.2) is 451 Å². The Morgan fingerprint density at radius 1 is 0.137 bits per heavy atom. The zero-order valence-corrected chi connectivity index (χ0v) is 74.8. The van der Waals surface area contributed by atoms with Gasteiger partial charge < -0.3 is 54.9 Å². The van der Waals surface area contributed by atoms with Crippen LogP contribution < -0.4 is 14.7 Å². The molecule has 0 atom stereocenters. The van der Waals surface area contributed by atoms with E-state index in [0.29, 0.717) is 0 Å². The first kappa shape index (κ1) is 74.9. The highest BCUT2D eigenvalue weighted by Gasteiger charge is 2.33. The number of thiophene rings is 1. The fraction of sp³-hybridized carbons (Fsp3) is 0. The molecule has 0 aliphatic carbocycles. The molecule has 10 aromatic heterocycles. The molecule has 10 heterocycles. The van der Waals surface area contributed by atoms with Gasteiger partial charge in [-0.25, -0.2) is 0 Å². The molecule has 0 radical (unpaired) electrons. The van der Waals surface area contributed by atoms with Crippen molar-refractivity contribution in [3.63, 3.8) is 0 Å². The van der Waals surface area contributed by atoms with Crippen LogP contribution in [0.5, 0.6) is 0 Å². The van der Waals surface area contributed by atoms with E-state index in [9.17, 15) is 0 Å². The van der Waals surface area contributed by atoms with Crippen molar-refractivity contribution in [2.45, 2.75) is 0 Å². The number of anilines is 9. The SMILES string of the molecule is c1ccc(N(c2ccccc2)c2ccc(-n3c4ccc5oc6ccc7oc8ccc9oc%10ccc3c3c%10c9c8c7c6c5c34)cc2)cc1.c1ccc(N(c2ccccc2)c2ccc(-n3c4cccc5c6cccc7oc8ccc9oc%10ccc3c(c%10c9c8c76)c54)cc2)cc1.c1ccc(N(c2ccccc2)c2ccc(-n3c4cccc5c6cccc7sc8ccc9oc%10ccc3c(c%10c9c8c76)c54)cc2)cc1. The lowest BCUT2D eigenvalue weighted by Crippen LogP contribution is -2.09. The lowest BCUT2D eigenvalue weighted by atomic mass is 9.95. The molecule has 34 aromatic rings. The molecule has 0 saturated heterocycles. The fourth-order valence-corrected chi connectivity index (χ4v) is 25.2. The molecule has 0 aliphatic rings. The van der Waals surface area contributed by atoms with Crippen LogP contribution in [-0.2, 0) is 0 Å². The quantitative estimate of drug-likeness (QED) is 0.118. The summed E-state index contributed by atoms with van der Waals surface area (Å²) in [6.45, 7) is 0. The number of fused-ring (bicyclic) bond motifs is 2. The monoisotopic (exact) mass is 1790 g/mol. The van der Waals surface area contributed by atoms with Crippen molar-refractivity contribution in [2.24, 2.45) is 0 Å². The van der Waals surface area contributed by atoms with Crippen LogP contribution >= 0.6 is 11.3 Å². The molecule has 0 amide bonds. The summed E-state index contributed by atoms with van der Waals surface area (Å²) >= 11 is 1.88. The van der Waals surface area contributed by atoms with Gasteiger partial charge in [-0.3, -0.25) is 0 Å². The van der Waals surface area contributed by atoms with Gasteiger partial charge in [-0.2, -0.15) is 0 Å². The predicted octanol–water partition coefficient (Wildman–Crippen LogP) is 36.9. The first-order chi connectivity index (χ1) is 69.0. The van der Waals surface area contributed by atoms with Crippen LogP contribution in [0.25, 0.3) is 256 Å². The third-order valence-electron chi connectivity index (χ3n) is 29.5. The number of furan rings is 6. The second-order valence-corrected chi connectivity index (χ2v) is 37.7. The summed E-state index contributed by atoms with van der Waals surface area (Å²) in [7, 11) is 0. The van der Waals surface area contributed by atoms with Crippen LogP contribution in [-0.4, -0.2) is 13.7 Å². The van der Waals surface area contributed by atoms with E-state index >= 15 is 0 Å². The van der Waals surface area contributed by atoms with E-state index in [2.05, 4.69) is 423 Å². The summed E-state index contributed by atoms with van der Waals surface area (Å²) in [5.74, 6) is 0. The van der Waals surface area contributed by atoms with E-state index in [1.807, 2.05) is 41.7 Å². The molecule has 139 heavy (non-hydrogen) atoms. The minimum atomic E-state index is 0.862. The summed E-state index contributed by atoms with van der Waals surface area (Å²) < 4.78 is 49.0. The third kappa shape index (κ3) is 10.3. The molecule has 0 aliphatic heterocycles. The Balaban J connectivity index is 0.0000000945. The Morgan fingerprint density at radius 2 is 0.345 bits per heavy atom. The molecule has 0 fully saturated rings. The van der Waals surface area contributed by atoms with Gasteiger partial charge >= 0.3 is 0 Å². The molecular formula is C126H70N6O6S. The van der Waals surface area contributed by atoms with Gasteiger partial charge in [-0.15, -0.1) is 11.3 Å². The summed E-state index contributed by atoms with van der Waals surface area (Å²) in [6, 6.07) is 151. The van der Waals surface area contributed by atoms with E-state index < -0.39 is 0 Å². The summed E-state index contributed by atoms with van der Waals surface area (Å²) in [4.78, 5) is 6.90. The lowest BCUT2D eigenvalue weighted by molar-refractivity contribution is 0.660. The number of nitrogens with zero attached hydrogens (tertiary/aromatic N) is 6. The zero-order valence-electron chi connectivity index (χ0n) is 74.0. The highest BCUT2D eigenvalue weighted by molar-refractivity contribution is 7.26. The van der Waals surface area contributed by atoms with Crippen molar-refractivity contribution in [2.75, 3.05) is 14.7 Å². The molecule has 13 heteroatoms. The van der Waals surface area contributed by atoms with Gasteiger partial charge in [-0.1, -0.05) is 158 Å². The Hall–Kier alpha value is -18.6. The third-order valence-corrected chi connectivity index (χ3v) is 30.6. The van der Waals surface area contributed by atoms with Crippen molar-refractivity contribution < 1.29 is 26.5 Å². The standard InChI is InChI=1S/C42H22N2O3.C42H24N2O2.C42H24N2OS/c1-3-7-23(8-4-1)43(24-9-5-2-6-10-24)25-11-13-26(14-12-25)44-27-15-17-29-37-35(27)36-28(44)16-18-30-38(36)40-32(46-30)20-22-34-42(40)41-33(47-34)21-19-31(45-29)39(37)41;1-3-9-25(10-4-1)43(26-11-5-2-6-12-26)27-17-19-28(20-18-27)44-31-15-7-13-29-30-14-8-16-33-38(30)40-35(45-33)23-24-36-42(40)41-34(46-36)22-21-32(44)39(41)37(29)31;1-3-9-25(10-4-1)43(26-11-5-2-6-12-26)27-17-19-28(20-18-27)44-31-15-7-13-29-30-14-8-16-35-38(30)42-36(46-35)24-23-34-41(42)40-33(45-34)22-21-32(44)39(40)37(29)31/h1-22H;2*1-24H. The maximum atomic E-state index is 6.59. The van der Waals surface area contributed by atoms with Gasteiger partial charge in [0.1, 0.15) is 67.0 Å². The number of benzene rings is 21. The smallest absolute Gasteiger partial charge is 0.136 e. The predicted molar refractivity (Wildman–Crippen MR) is 576 cm³/mol. The van der Waals surface area contributed by atoms with Crippen LogP contribution in [0.3, 0.4) is 0 Å². The van der Waals surface area contributed by atoms with Crippen molar-refractivity contribution in [3.05, 3.63) is 425 Å². The van der Waals surface area contributed by atoms with Crippen molar-refractivity contribution in [1.29, 1.82) is 0 Å². The Labute approximate surface area is 792 Å². The topological polar surface area (TPSA) is 103 Å². The Bertz CT molecular complexity index is 10200.